The van der Waals surface area contributed by atoms with Gasteiger partial charge in [0.05, 0.1) is 0 Å². The Morgan fingerprint density at radius 2 is 1.10 bits per heavy atom. The van der Waals surface area contributed by atoms with Crippen LogP contribution in [0.15, 0.2) is 101 Å². The zero-order chi connectivity index (χ0) is 22.5. The summed E-state index contributed by atoms with van der Waals surface area (Å²) in [6, 6.07) is 20.1. The molecule has 3 aromatic rings. The average molecular weight is 449 g/mol. The number of benzene rings is 3. The van der Waals surface area contributed by atoms with Crippen molar-refractivity contribution in [1.29, 1.82) is 0 Å². The van der Waals surface area contributed by atoms with Crippen LogP contribution >= 0.6 is 23.5 Å². The molecule has 0 aliphatic heterocycles. The first-order valence-electron chi connectivity index (χ1n) is 9.50. The second-order valence-electron chi connectivity index (χ2n) is 7.08. The van der Waals surface area contributed by atoms with Crippen LogP contribution in [0.5, 0.6) is 0 Å². The van der Waals surface area contributed by atoms with Gasteiger partial charge in [-0.2, -0.15) is 0 Å². The second-order valence-corrected chi connectivity index (χ2v) is 9.18. The summed E-state index contributed by atoms with van der Waals surface area (Å²) in [6.45, 7) is 10.6. The van der Waals surface area contributed by atoms with Gasteiger partial charge in [-0.1, -0.05) is 55.6 Å². The molecule has 0 fully saturated rings. The van der Waals surface area contributed by atoms with Gasteiger partial charge in [-0.05, 0) is 89.5 Å². The van der Waals surface area contributed by atoms with E-state index < -0.39 is 0 Å². The Kier molecular flexibility index (Phi) is 7.31. The number of hydrogen-bond donors (Lipinski definition) is 0. The summed E-state index contributed by atoms with van der Waals surface area (Å²) in [5.41, 5.74) is 4.17. The van der Waals surface area contributed by atoms with Crippen molar-refractivity contribution in [3.8, 4) is 22.3 Å². The van der Waals surface area contributed by atoms with Crippen molar-refractivity contribution in [2.24, 2.45) is 0 Å². The average Bonchev–Trinajstić information content (AvgIpc) is 2.74. The third kappa shape index (κ3) is 5.84. The molecule has 3 aromatic carbocycles. The lowest BCUT2D eigenvalue weighted by molar-refractivity contribution is -0.108. The minimum Gasteiger partial charge on any atom is -0.282 e. The molecule has 0 aromatic heterocycles. The van der Waals surface area contributed by atoms with Crippen molar-refractivity contribution in [1.82, 2.24) is 0 Å². The van der Waals surface area contributed by atoms with Gasteiger partial charge in [0.1, 0.15) is 5.82 Å². The van der Waals surface area contributed by atoms with Crippen molar-refractivity contribution in [3.05, 3.63) is 96.9 Å². The number of rotatable bonds is 6. The summed E-state index contributed by atoms with van der Waals surface area (Å²) >= 11 is 2.12. The van der Waals surface area contributed by atoms with E-state index in [-0.39, 0.29) is 16.0 Å². The molecule has 0 radical (unpaired) electrons. The number of carbonyl (C=O) groups is 2. The van der Waals surface area contributed by atoms with Gasteiger partial charge in [-0.3, -0.25) is 9.59 Å². The summed E-state index contributed by atoms with van der Waals surface area (Å²) in [7, 11) is 0. The van der Waals surface area contributed by atoms with Crippen LogP contribution in [0.25, 0.3) is 22.3 Å². The molecule has 156 valence electrons. The highest BCUT2D eigenvalue weighted by Crippen LogP contribution is 2.31. The normalized spacial score (nSPS) is 10.5. The first kappa shape index (κ1) is 22.8. The minimum atomic E-state index is -0.379. The number of thioether (sulfide) groups is 2. The fourth-order valence-electron chi connectivity index (χ4n) is 2.74. The second kappa shape index (κ2) is 9.94. The van der Waals surface area contributed by atoms with Crippen molar-refractivity contribution in [2.45, 2.75) is 23.6 Å². The smallest absolute Gasteiger partial charge is 0.219 e. The van der Waals surface area contributed by atoms with Crippen LogP contribution in [0, 0.1) is 5.82 Å². The van der Waals surface area contributed by atoms with Gasteiger partial charge < -0.3 is 0 Å². The summed E-state index contributed by atoms with van der Waals surface area (Å²) in [4.78, 5) is 25.0. The summed E-state index contributed by atoms with van der Waals surface area (Å²) < 4.78 is 14.6. The molecule has 5 heteroatoms. The molecule has 0 saturated carbocycles. The molecule has 31 heavy (non-hydrogen) atoms. The molecule has 0 unspecified atom stereocenters. The van der Waals surface area contributed by atoms with Gasteiger partial charge in [0, 0.05) is 15.4 Å². The monoisotopic (exact) mass is 448 g/mol. The quantitative estimate of drug-likeness (QED) is 0.288. The molecular formula is C26H21FO2S2. The molecule has 0 atom stereocenters. The standard InChI is InChI=1S/C26H21FO2S2/c1-16(2)25(28)30-21-11-9-19(10-12-21)18-5-7-20(8-6-18)23-14-13-22(15-24(23)27)31-26(29)17(3)4/h5-15H,1,3H2,2,4H3. The van der Waals surface area contributed by atoms with Crippen LogP contribution in [0.1, 0.15) is 13.8 Å². The lowest BCUT2D eigenvalue weighted by Gasteiger charge is -2.08. The third-order valence-electron chi connectivity index (χ3n) is 4.44. The Morgan fingerprint density at radius 3 is 1.58 bits per heavy atom. The van der Waals surface area contributed by atoms with E-state index in [0.29, 0.717) is 21.6 Å². The van der Waals surface area contributed by atoms with Crippen molar-refractivity contribution in [3.63, 3.8) is 0 Å². The van der Waals surface area contributed by atoms with Gasteiger partial charge in [0.25, 0.3) is 0 Å². The van der Waals surface area contributed by atoms with E-state index in [1.165, 1.54) is 6.07 Å². The van der Waals surface area contributed by atoms with Crippen LogP contribution in [-0.2, 0) is 9.59 Å². The number of hydrogen-bond acceptors (Lipinski definition) is 4. The van der Waals surface area contributed by atoms with E-state index in [0.717, 1.165) is 45.1 Å². The maximum absolute atomic E-state index is 14.6. The molecule has 0 bridgehead atoms. The molecule has 0 N–H and O–H groups in total. The van der Waals surface area contributed by atoms with Crippen molar-refractivity contribution >= 4 is 33.8 Å². The van der Waals surface area contributed by atoms with Gasteiger partial charge in [-0.25, -0.2) is 4.39 Å². The number of halogens is 1. The highest BCUT2D eigenvalue weighted by molar-refractivity contribution is 8.14. The molecule has 2 nitrogen and oxygen atoms in total. The zero-order valence-electron chi connectivity index (χ0n) is 17.3. The third-order valence-corrected chi connectivity index (χ3v) is 6.51. The van der Waals surface area contributed by atoms with Gasteiger partial charge >= 0.3 is 0 Å². The van der Waals surface area contributed by atoms with Crippen LogP contribution in [0.2, 0.25) is 0 Å². The Labute approximate surface area is 190 Å². The first-order chi connectivity index (χ1) is 14.7. The maximum Gasteiger partial charge on any atom is 0.219 e. The Balaban J connectivity index is 1.75. The van der Waals surface area contributed by atoms with E-state index in [1.807, 2.05) is 48.5 Å². The van der Waals surface area contributed by atoms with Crippen molar-refractivity contribution < 1.29 is 14.0 Å². The van der Waals surface area contributed by atoms with E-state index in [1.54, 1.807) is 26.0 Å². The predicted octanol–water partition coefficient (Wildman–Crippen LogP) is 7.55. The fourth-order valence-corrected chi connectivity index (χ4v) is 4.09. The van der Waals surface area contributed by atoms with Gasteiger partial charge in [0.2, 0.25) is 10.2 Å². The molecule has 0 aliphatic carbocycles. The highest BCUT2D eigenvalue weighted by Gasteiger charge is 2.11. The van der Waals surface area contributed by atoms with Crippen LogP contribution in [0.3, 0.4) is 0 Å². The minimum absolute atomic E-state index is 0.0486. The van der Waals surface area contributed by atoms with E-state index in [4.69, 9.17) is 0 Å². The molecule has 0 amide bonds. The summed E-state index contributed by atoms with van der Waals surface area (Å²) in [5.74, 6) is -0.379. The SMILES string of the molecule is C=C(C)C(=O)Sc1ccc(-c2ccc(-c3ccc(SC(=O)C(=C)C)cc3F)cc2)cc1. The number of carbonyl (C=O) groups excluding carboxylic acids is 2. The summed E-state index contributed by atoms with van der Waals surface area (Å²) in [6.07, 6.45) is 0. The lowest BCUT2D eigenvalue weighted by Crippen LogP contribution is -1.92. The Hall–Kier alpha value is -2.89. The lowest BCUT2D eigenvalue weighted by atomic mass is 10.00. The Bertz CT molecular complexity index is 1160. The Morgan fingerprint density at radius 1 is 0.677 bits per heavy atom. The first-order valence-corrected chi connectivity index (χ1v) is 11.1. The molecule has 0 saturated heterocycles. The predicted molar refractivity (Wildman–Crippen MR) is 129 cm³/mol. The van der Waals surface area contributed by atoms with E-state index >= 15 is 0 Å². The molecular weight excluding hydrogens is 427 g/mol. The fraction of sp³-hybridized carbons (Fsp3) is 0.0769. The van der Waals surface area contributed by atoms with Crippen molar-refractivity contribution in [2.75, 3.05) is 0 Å². The van der Waals surface area contributed by atoms with Crippen LogP contribution < -0.4 is 0 Å². The zero-order valence-corrected chi connectivity index (χ0v) is 18.9. The maximum atomic E-state index is 14.6. The molecule has 3 rings (SSSR count). The van der Waals surface area contributed by atoms with E-state index in [2.05, 4.69) is 13.2 Å². The molecule has 0 spiro atoms. The largest absolute Gasteiger partial charge is 0.282 e. The topological polar surface area (TPSA) is 34.1 Å². The van der Waals surface area contributed by atoms with E-state index in [9.17, 15) is 14.0 Å². The highest BCUT2D eigenvalue weighted by atomic mass is 32.2. The molecule has 0 aliphatic rings. The van der Waals surface area contributed by atoms with Gasteiger partial charge in [-0.15, -0.1) is 0 Å². The van der Waals surface area contributed by atoms with Gasteiger partial charge in [0.15, 0.2) is 0 Å². The van der Waals surface area contributed by atoms with Crippen LogP contribution in [0.4, 0.5) is 4.39 Å². The molecule has 0 heterocycles. The van der Waals surface area contributed by atoms with Crippen LogP contribution in [-0.4, -0.2) is 10.2 Å². The summed E-state index contributed by atoms with van der Waals surface area (Å²) in [5, 5.41) is -0.225.